The van der Waals surface area contributed by atoms with Crippen LogP contribution in [-0.2, 0) is 4.74 Å². The molecular weight excluding hydrogens is 228 g/mol. The molecule has 0 heterocycles. The SMILES string of the molecule is CCC(C)(C)CNc1ccc(C(=O)OC)cc1N. The van der Waals surface area contributed by atoms with E-state index in [0.717, 1.165) is 18.7 Å². The second-order valence-electron chi connectivity index (χ2n) is 5.16. The molecule has 0 unspecified atom stereocenters. The van der Waals surface area contributed by atoms with E-state index in [9.17, 15) is 4.79 Å². The van der Waals surface area contributed by atoms with Crippen LogP contribution in [0.5, 0.6) is 0 Å². The smallest absolute Gasteiger partial charge is 0.337 e. The third kappa shape index (κ3) is 3.65. The highest BCUT2D eigenvalue weighted by Crippen LogP contribution is 2.24. The maximum atomic E-state index is 11.3. The second-order valence-corrected chi connectivity index (χ2v) is 5.16. The van der Waals surface area contributed by atoms with Gasteiger partial charge in [0.1, 0.15) is 0 Å². The molecule has 0 bridgehead atoms. The highest BCUT2D eigenvalue weighted by molar-refractivity contribution is 5.91. The standard InChI is InChI=1S/C14H22N2O2/c1-5-14(2,3)9-16-12-7-6-10(8-11(12)15)13(17)18-4/h6-8,16H,5,9,15H2,1-4H3. The molecule has 18 heavy (non-hydrogen) atoms. The monoisotopic (exact) mass is 250 g/mol. The molecule has 1 rings (SSSR count). The van der Waals surface area contributed by atoms with Crippen LogP contribution in [0.4, 0.5) is 11.4 Å². The lowest BCUT2D eigenvalue weighted by molar-refractivity contribution is 0.0601. The van der Waals surface area contributed by atoms with Gasteiger partial charge in [0.15, 0.2) is 0 Å². The first-order valence-corrected chi connectivity index (χ1v) is 6.11. The minimum absolute atomic E-state index is 0.216. The molecule has 3 N–H and O–H groups in total. The Morgan fingerprint density at radius 1 is 1.44 bits per heavy atom. The number of anilines is 2. The highest BCUT2D eigenvalue weighted by atomic mass is 16.5. The van der Waals surface area contributed by atoms with Gasteiger partial charge in [0.2, 0.25) is 0 Å². The molecule has 0 saturated carbocycles. The lowest BCUT2D eigenvalue weighted by Gasteiger charge is -2.24. The summed E-state index contributed by atoms with van der Waals surface area (Å²) in [5.74, 6) is -0.373. The third-order valence-electron chi connectivity index (χ3n) is 3.19. The van der Waals surface area contributed by atoms with Gasteiger partial charge in [-0.1, -0.05) is 20.8 Å². The summed E-state index contributed by atoms with van der Waals surface area (Å²) in [6, 6.07) is 5.16. The van der Waals surface area contributed by atoms with Crippen molar-refractivity contribution in [3.63, 3.8) is 0 Å². The summed E-state index contributed by atoms with van der Waals surface area (Å²) < 4.78 is 4.65. The van der Waals surface area contributed by atoms with Crippen molar-refractivity contribution >= 4 is 17.3 Å². The number of hydrogen-bond acceptors (Lipinski definition) is 4. The van der Waals surface area contributed by atoms with Gasteiger partial charge in [-0.15, -0.1) is 0 Å². The first-order valence-electron chi connectivity index (χ1n) is 6.11. The van der Waals surface area contributed by atoms with E-state index < -0.39 is 0 Å². The van der Waals surface area contributed by atoms with Crippen molar-refractivity contribution < 1.29 is 9.53 Å². The molecule has 0 amide bonds. The van der Waals surface area contributed by atoms with Crippen molar-refractivity contribution in [3.8, 4) is 0 Å². The topological polar surface area (TPSA) is 64.3 Å². The van der Waals surface area contributed by atoms with Crippen molar-refractivity contribution in [2.45, 2.75) is 27.2 Å². The molecule has 4 nitrogen and oxygen atoms in total. The Hall–Kier alpha value is -1.71. The van der Waals surface area contributed by atoms with Gasteiger partial charge < -0.3 is 15.8 Å². The minimum atomic E-state index is -0.373. The highest BCUT2D eigenvalue weighted by Gasteiger charge is 2.15. The molecule has 1 aromatic rings. The number of rotatable bonds is 5. The van der Waals surface area contributed by atoms with Gasteiger partial charge in [-0.3, -0.25) is 0 Å². The summed E-state index contributed by atoms with van der Waals surface area (Å²) in [5.41, 5.74) is 8.01. The van der Waals surface area contributed by atoms with Crippen LogP contribution in [0.2, 0.25) is 0 Å². The minimum Gasteiger partial charge on any atom is -0.465 e. The third-order valence-corrected chi connectivity index (χ3v) is 3.19. The van der Waals surface area contributed by atoms with E-state index in [4.69, 9.17) is 5.73 Å². The summed E-state index contributed by atoms with van der Waals surface area (Å²) in [7, 11) is 1.36. The first kappa shape index (κ1) is 14.4. The molecule has 0 spiro atoms. The van der Waals surface area contributed by atoms with E-state index in [1.54, 1.807) is 12.1 Å². The number of methoxy groups -OCH3 is 1. The van der Waals surface area contributed by atoms with Crippen LogP contribution in [-0.4, -0.2) is 19.6 Å². The zero-order valence-electron chi connectivity index (χ0n) is 11.5. The fraction of sp³-hybridized carbons (Fsp3) is 0.500. The van der Waals surface area contributed by atoms with Gasteiger partial charge in [0, 0.05) is 6.54 Å². The second kappa shape index (κ2) is 5.76. The van der Waals surface area contributed by atoms with Gasteiger partial charge in [-0.05, 0) is 30.0 Å². The largest absolute Gasteiger partial charge is 0.465 e. The van der Waals surface area contributed by atoms with Gasteiger partial charge in [0.25, 0.3) is 0 Å². The summed E-state index contributed by atoms with van der Waals surface area (Å²) in [6.45, 7) is 7.38. The van der Waals surface area contributed by atoms with Crippen LogP contribution in [0.25, 0.3) is 0 Å². The molecule has 1 aromatic carbocycles. The first-order chi connectivity index (χ1) is 8.39. The van der Waals surface area contributed by atoms with Crippen LogP contribution in [0.3, 0.4) is 0 Å². The average molecular weight is 250 g/mol. The maximum Gasteiger partial charge on any atom is 0.337 e. The molecular formula is C14H22N2O2. The summed E-state index contributed by atoms with van der Waals surface area (Å²) >= 11 is 0. The number of benzene rings is 1. The summed E-state index contributed by atoms with van der Waals surface area (Å²) in [4.78, 5) is 11.3. The summed E-state index contributed by atoms with van der Waals surface area (Å²) in [5, 5.41) is 3.31. The Labute approximate surface area is 109 Å². The molecule has 0 aliphatic heterocycles. The number of carbonyl (C=O) groups excluding carboxylic acids is 1. The lowest BCUT2D eigenvalue weighted by Crippen LogP contribution is -2.22. The van der Waals surface area contributed by atoms with E-state index in [1.165, 1.54) is 7.11 Å². The van der Waals surface area contributed by atoms with Crippen molar-refractivity contribution in [1.29, 1.82) is 0 Å². The molecule has 100 valence electrons. The normalized spacial score (nSPS) is 11.1. The number of nitrogens with one attached hydrogen (secondary N) is 1. The fourth-order valence-corrected chi connectivity index (χ4v) is 1.43. The average Bonchev–Trinajstić information content (AvgIpc) is 2.36. The predicted octanol–water partition coefficient (Wildman–Crippen LogP) is 2.90. The number of esters is 1. The van der Waals surface area contributed by atoms with Gasteiger partial charge in [0.05, 0.1) is 24.0 Å². The van der Waals surface area contributed by atoms with E-state index >= 15 is 0 Å². The van der Waals surface area contributed by atoms with Crippen LogP contribution in [0.15, 0.2) is 18.2 Å². The van der Waals surface area contributed by atoms with Crippen molar-refractivity contribution in [2.24, 2.45) is 5.41 Å². The number of nitrogens with two attached hydrogens (primary N) is 1. The van der Waals surface area contributed by atoms with Crippen molar-refractivity contribution in [1.82, 2.24) is 0 Å². The number of nitrogen functional groups attached to an aromatic ring is 1. The van der Waals surface area contributed by atoms with Crippen LogP contribution in [0, 0.1) is 5.41 Å². The van der Waals surface area contributed by atoms with Crippen molar-refractivity contribution in [2.75, 3.05) is 24.7 Å². The van der Waals surface area contributed by atoms with E-state index in [2.05, 4.69) is 30.8 Å². The van der Waals surface area contributed by atoms with Gasteiger partial charge in [-0.2, -0.15) is 0 Å². The predicted molar refractivity (Wildman–Crippen MR) is 74.8 cm³/mol. The molecule has 0 aliphatic carbocycles. The Morgan fingerprint density at radius 3 is 2.61 bits per heavy atom. The molecule has 0 aromatic heterocycles. The van der Waals surface area contributed by atoms with Crippen LogP contribution >= 0.6 is 0 Å². The van der Waals surface area contributed by atoms with Gasteiger partial charge >= 0.3 is 5.97 Å². The molecule has 0 radical (unpaired) electrons. The van der Waals surface area contributed by atoms with E-state index in [-0.39, 0.29) is 11.4 Å². The number of carbonyl (C=O) groups is 1. The molecule has 4 heteroatoms. The maximum absolute atomic E-state index is 11.3. The zero-order valence-corrected chi connectivity index (χ0v) is 11.5. The Kier molecular flexibility index (Phi) is 4.59. The van der Waals surface area contributed by atoms with Crippen molar-refractivity contribution in [3.05, 3.63) is 23.8 Å². The van der Waals surface area contributed by atoms with E-state index in [1.807, 2.05) is 6.07 Å². The van der Waals surface area contributed by atoms with Crippen LogP contribution < -0.4 is 11.1 Å². The quantitative estimate of drug-likeness (QED) is 0.623. The van der Waals surface area contributed by atoms with E-state index in [0.29, 0.717) is 11.3 Å². The Bertz CT molecular complexity index is 428. The fourth-order valence-electron chi connectivity index (χ4n) is 1.43. The zero-order chi connectivity index (χ0) is 13.8. The molecule has 0 fully saturated rings. The van der Waals surface area contributed by atoms with Gasteiger partial charge in [-0.25, -0.2) is 4.79 Å². The van der Waals surface area contributed by atoms with Crippen LogP contribution in [0.1, 0.15) is 37.6 Å². The lowest BCUT2D eigenvalue weighted by atomic mass is 9.90. The Morgan fingerprint density at radius 2 is 2.11 bits per heavy atom. The summed E-state index contributed by atoms with van der Waals surface area (Å²) in [6.07, 6.45) is 1.08. The number of hydrogen-bond donors (Lipinski definition) is 2. The molecule has 0 saturated heterocycles. The molecule has 0 atom stereocenters. The molecule has 0 aliphatic rings. The number of ether oxygens (including phenoxy) is 1. The Balaban J connectivity index is 2.77.